The summed E-state index contributed by atoms with van der Waals surface area (Å²) in [4.78, 5) is 4.12. The Morgan fingerprint density at radius 1 is 1.33 bits per heavy atom. The van der Waals surface area contributed by atoms with Gasteiger partial charge in [-0.25, -0.2) is 9.37 Å². The minimum atomic E-state index is -0.360. The van der Waals surface area contributed by atoms with Gasteiger partial charge in [-0.1, -0.05) is 0 Å². The lowest BCUT2D eigenvalue weighted by molar-refractivity contribution is 0.419. The van der Waals surface area contributed by atoms with Gasteiger partial charge in [-0.3, -0.25) is 0 Å². The van der Waals surface area contributed by atoms with E-state index in [1.54, 1.807) is 25.3 Å². The predicted molar refractivity (Wildman–Crippen MR) is 56.1 cm³/mol. The van der Waals surface area contributed by atoms with Gasteiger partial charge in [0.25, 0.3) is 0 Å². The van der Waals surface area contributed by atoms with Gasteiger partial charge in [0.05, 0.1) is 12.8 Å². The molecule has 4 heteroatoms. The van der Waals surface area contributed by atoms with Crippen molar-refractivity contribution in [3.05, 3.63) is 35.8 Å². The van der Waals surface area contributed by atoms with Crippen LogP contribution in [0.25, 0.3) is 10.9 Å². The number of methoxy groups -OCH3 is 1. The van der Waals surface area contributed by atoms with Crippen molar-refractivity contribution in [1.29, 1.82) is 0 Å². The van der Waals surface area contributed by atoms with Crippen LogP contribution in [0.4, 0.5) is 4.39 Å². The van der Waals surface area contributed by atoms with Crippen LogP contribution in [0, 0.1) is 5.82 Å². The van der Waals surface area contributed by atoms with Gasteiger partial charge in [0.1, 0.15) is 17.1 Å². The molecule has 0 bridgehead atoms. The fourth-order valence-corrected chi connectivity index (χ4v) is 1.49. The summed E-state index contributed by atoms with van der Waals surface area (Å²) >= 11 is 0. The smallest absolute Gasteiger partial charge is 0.149 e. The minimum absolute atomic E-state index is 0.298. The summed E-state index contributed by atoms with van der Waals surface area (Å²) in [5.74, 6) is 0.253. The van der Waals surface area contributed by atoms with E-state index in [1.165, 1.54) is 6.07 Å². The molecule has 0 radical (unpaired) electrons. The zero-order chi connectivity index (χ0) is 10.8. The maximum atomic E-state index is 13.5. The Morgan fingerprint density at radius 2 is 2.13 bits per heavy atom. The van der Waals surface area contributed by atoms with Crippen molar-refractivity contribution in [3.63, 3.8) is 0 Å². The molecular weight excluding hydrogens is 195 g/mol. The summed E-state index contributed by atoms with van der Waals surface area (Å²) < 4.78 is 18.6. The maximum Gasteiger partial charge on any atom is 0.149 e. The summed E-state index contributed by atoms with van der Waals surface area (Å²) in [5, 5.41) is 0.662. The highest BCUT2D eigenvalue weighted by molar-refractivity contribution is 5.85. The molecule has 3 nitrogen and oxygen atoms in total. The van der Waals surface area contributed by atoms with Crippen molar-refractivity contribution in [3.8, 4) is 5.75 Å². The number of hydrogen-bond donors (Lipinski definition) is 1. The molecule has 0 unspecified atom stereocenters. The van der Waals surface area contributed by atoms with E-state index in [0.717, 1.165) is 0 Å². The first kappa shape index (κ1) is 9.86. The Hall–Kier alpha value is -1.68. The molecule has 0 atom stereocenters. The Labute approximate surface area is 86.7 Å². The zero-order valence-corrected chi connectivity index (χ0v) is 8.33. The van der Waals surface area contributed by atoms with E-state index in [2.05, 4.69) is 4.98 Å². The van der Waals surface area contributed by atoms with Gasteiger partial charge in [0.15, 0.2) is 0 Å². The number of benzene rings is 1. The number of rotatable bonds is 2. The van der Waals surface area contributed by atoms with E-state index in [4.69, 9.17) is 10.5 Å². The second kappa shape index (κ2) is 3.82. The highest BCUT2D eigenvalue weighted by atomic mass is 19.1. The molecule has 1 aromatic carbocycles. The number of fused-ring (bicyclic) bond motifs is 1. The quantitative estimate of drug-likeness (QED) is 0.815. The third-order valence-electron chi connectivity index (χ3n) is 2.25. The van der Waals surface area contributed by atoms with Gasteiger partial charge in [-0.05, 0) is 24.3 Å². The van der Waals surface area contributed by atoms with E-state index in [0.29, 0.717) is 28.9 Å². The lowest BCUT2D eigenvalue weighted by atomic mass is 10.1. The maximum absolute atomic E-state index is 13.5. The van der Waals surface area contributed by atoms with E-state index in [9.17, 15) is 4.39 Å². The number of nitrogens with two attached hydrogens (primary N) is 1. The highest BCUT2D eigenvalue weighted by Gasteiger charge is 2.07. The van der Waals surface area contributed by atoms with Crippen molar-refractivity contribution in [2.45, 2.75) is 6.54 Å². The monoisotopic (exact) mass is 206 g/mol. The fourth-order valence-electron chi connectivity index (χ4n) is 1.49. The average molecular weight is 206 g/mol. The van der Waals surface area contributed by atoms with Crippen LogP contribution >= 0.6 is 0 Å². The van der Waals surface area contributed by atoms with Crippen LogP contribution < -0.4 is 10.5 Å². The Morgan fingerprint density at radius 3 is 2.80 bits per heavy atom. The normalized spacial score (nSPS) is 10.6. The molecule has 0 fully saturated rings. The van der Waals surface area contributed by atoms with Crippen LogP contribution in [0.15, 0.2) is 24.3 Å². The molecule has 78 valence electrons. The summed E-state index contributed by atoms with van der Waals surface area (Å²) in [5.41, 5.74) is 6.41. The standard InChI is InChI=1S/C11H11FN2O/c1-15-10-5-4-9(12)11-8(10)3-2-7(6-13)14-11/h2-5H,6,13H2,1H3. The molecule has 2 aromatic rings. The Kier molecular flexibility index (Phi) is 2.51. The van der Waals surface area contributed by atoms with Gasteiger partial charge >= 0.3 is 0 Å². The number of ether oxygens (including phenoxy) is 1. The van der Waals surface area contributed by atoms with Crippen LogP contribution in [0.3, 0.4) is 0 Å². The van der Waals surface area contributed by atoms with Crippen LogP contribution in [0.5, 0.6) is 5.75 Å². The molecule has 0 saturated heterocycles. The van der Waals surface area contributed by atoms with Crippen LogP contribution in [-0.2, 0) is 6.54 Å². The number of halogens is 1. The molecule has 0 aliphatic heterocycles. The number of aromatic nitrogens is 1. The van der Waals surface area contributed by atoms with Crippen molar-refractivity contribution < 1.29 is 9.13 Å². The zero-order valence-electron chi connectivity index (χ0n) is 8.33. The molecule has 0 saturated carbocycles. The third kappa shape index (κ3) is 1.64. The molecule has 0 aliphatic carbocycles. The van der Waals surface area contributed by atoms with Gasteiger partial charge in [-0.15, -0.1) is 0 Å². The second-order valence-electron chi connectivity index (χ2n) is 3.15. The minimum Gasteiger partial charge on any atom is -0.496 e. The number of hydrogen-bond acceptors (Lipinski definition) is 3. The number of nitrogens with zero attached hydrogens (tertiary/aromatic N) is 1. The van der Waals surface area contributed by atoms with E-state index in [-0.39, 0.29) is 5.82 Å². The molecule has 2 N–H and O–H groups in total. The lowest BCUT2D eigenvalue weighted by Crippen LogP contribution is -2.00. The molecular formula is C11H11FN2O. The molecule has 15 heavy (non-hydrogen) atoms. The fraction of sp³-hybridized carbons (Fsp3) is 0.182. The number of pyridine rings is 1. The molecule has 0 amide bonds. The van der Waals surface area contributed by atoms with Crippen LogP contribution in [-0.4, -0.2) is 12.1 Å². The van der Waals surface area contributed by atoms with Crippen LogP contribution in [0.1, 0.15) is 5.69 Å². The van der Waals surface area contributed by atoms with Gasteiger partial charge in [0.2, 0.25) is 0 Å². The van der Waals surface area contributed by atoms with Gasteiger partial charge < -0.3 is 10.5 Å². The first-order valence-electron chi connectivity index (χ1n) is 4.58. The molecule has 1 heterocycles. The van der Waals surface area contributed by atoms with Crippen molar-refractivity contribution in [2.75, 3.05) is 7.11 Å². The molecule has 0 aliphatic rings. The SMILES string of the molecule is COc1ccc(F)c2nc(CN)ccc12. The summed E-state index contributed by atoms with van der Waals surface area (Å²) in [6.45, 7) is 0.298. The van der Waals surface area contributed by atoms with Crippen molar-refractivity contribution in [1.82, 2.24) is 4.98 Å². The van der Waals surface area contributed by atoms with Gasteiger partial charge in [-0.2, -0.15) is 0 Å². The highest BCUT2D eigenvalue weighted by Crippen LogP contribution is 2.26. The topological polar surface area (TPSA) is 48.1 Å². The predicted octanol–water partition coefficient (Wildman–Crippen LogP) is 1.84. The summed E-state index contributed by atoms with van der Waals surface area (Å²) in [6.07, 6.45) is 0. The first-order chi connectivity index (χ1) is 7.26. The summed E-state index contributed by atoms with van der Waals surface area (Å²) in [7, 11) is 1.55. The van der Waals surface area contributed by atoms with E-state index in [1.807, 2.05) is 0 Å². The summed E-state index contributed by atoms with van der Waals surface area (Å²) in [6, 6.07) is 6.46. The van der Waals surface area contributed by atoms with E-state index < -0.39 is 0 Å². The van der Waals surface area contributed by atoms with E-state index >= 15 is 0 Å². The van der Waals surface area contributed by atoms with Crippen molar-refractivity contribution in [2.24, 2.45) is 5.73 Å². The Balaban J connectivity index is 2.75. The van der Waals surface area contributed by atoms with Crippen molar-refractivity contribution >= 4 is 10.9 Å². The molecule has 1 aromatic heterocycles. The lowest BCUT2D eigenvalue weighted by Gasteiger charge is -2.06. The third-order valence-corrected chi connectivity index (χ3v) is 2.25. The molecule has 0 spiro atoms. The van der Waals surface area contributed by atoms with Crippen LogP contribution in [0.2, 0.25) is 0 Å². The largest absolute Gasteiger partial charge is 0.496 e. The molecule has 2 rings (SSSR count). The first-order valence-corrected chi connectivity index (χ1v) is 4.58. The second-order valence-corrected chi connectivity index (χ2v) is 3.15. The Bertz CT molecular complexity index is 499. The average Bonchev–Trinajstić information content (AvgIpc) is 2.29. The van der Waals surface area contributed by atoms with Gasteiger partial charge in [0, 0.05) is 11.9 Å².